The van der Waals surface area contributed by atoms with Crippen LogP contribution >= 0.6 is 10.7 Å². The van der Waals surface area contributed by atoms with E-state index in [1.165, 1.54) is 0 Å². The van der Waals surface area contributed by atoms with Gasteiger partial charge in [0.05, 0.1) is 18.8 Å². The van der Waals surface area contributed by atoms with E-state index in [1.54, 1.807) is 24.3 Å². The minimum Gasteiger partial charge on any atom is -0.462 e. The van der Waals surface area contributed by atoms with E-state index in [0.29, 0.717) is 12.0 Å². The first-order valence-electron chi connectivity index (χ1n) is 7.21. The molecule has 0 heterocycles. The first-order chi connectivity index (χ1) is 10.4. The van der Waals surface area contributed by atoms with Gasteiger partial charge in [-0.25, -0.2) is 4.79 Å². The highest BCUT2D eigenvalue weighted by Crippen LogP contribution is 2.34. The van der Waals surface area contributed by atoms with Crippen LogP contribution in [0.3, 0.4) is 0 Å². The number of rotatable bonds is 8. The average Bonchev–Trinajstić information content (AvgIpc) is 2.42. The summed E-state index contributed by atoms with van der Waals surface area (Å²) < 4.78 is 31.8. The van der Waals surface area contributed by atoms with Crippen molar-refractivity contribution in [2.24, 2.45) is 10.8 Å². The third-order valence-electron chi connectivity index (χ3n) is 3.15. The van der Waals surface area contributed by atoms with Gasteiger partial charge in [-0.05, 0) is 29.4 Å². The van der Waals surface area contributed by atoms with Crippen LogP contribution in [0.1, 0.15) is 44.5 Å². The summed E-state index contributed by atoms with van der Waals surface area (Å²) in [6.07, 6.45) is 0.592. The third-order valence-corrected chi connectivity index (χ3v) is 3.82. The lowest BCUT2D eigenvalue weighted by atomic mass is 9.76. The topological polar surface area (TPSA) is 69.7 Å². The molecule has 130 valence electrons. The minimum absolute atomic E-state index is 0.0328. The van der Waals surface area contributed by atoms with Gasteiger partial charge in [0, 0.05) is 10.7 Å². The van der Waals surface area contributed by atoms with Crippen molar-refractivity contribution in [3.8, 4) is 0 Å². The maximum Gasteiger partial charge on any atom is 0.355 e. The van der Waals surface area contributed by atoms with Crippen LogP contribution in [0, 0.1) is 10.8 Å². The van der Waals surface area contributed by atoms with E-state index in [4.69, 9.17) is 15.4 Å². The Morgan fingerprint density at radius 1 is 1.04 bits per heavy atom. The van der Waals surface area contributed by atoms with E-state index in [2.05, 4.69) is 4.18 Å². The second-order valence-corrected chi connectivity index (χ2v) is 9.26. The molecule has 1 rings (SSSR count). The quantitative estimate of drug-likeness (QED) is 0.519. The summed E-state index contributed by atoms with van der Waals surface area (Å²) in [5, 5.41) is 0. The van der Waals surface area contributed by atoms with Crippen molar-refractivity contribution in [2.75, 3.05) is 13.2 Å². The molecule has 1 aromatic carbocycles. The number of esters is 1. The molecule has 0 saturated heterocycles. The predicted octanol–water partition coefficient (Wildman–Crippen LogP) is 3.79. The maximum atomic E-state index is 12.0. The molecule has 0 unspecified atom stereocenters. The van der Waals surface area contributed by atoms with Gasteiger partial charge in [-0.3, -0.25) is 4.18 Å². The van der Waals surface area contributed by atoms with E-state index < -0.39 is 14.7 Å². The van der Waals surface area contributed by atoms with E-state index in [-0.39, 0.29) is 24.6 Å². The van der Waals surface area contributed by atoms with Crippen molar-refractivity contribution >= 4 is 26.0 Å². The molecule has 0 aliphatic heterocycles. The highest BCUT2D eigenvalue weighted by atomic mass is 35.7. The number of hydrogen-bond donors (Lipinski definition) is 0. The zero-order valence-electron chi connectivity index (χ0n) is 13.8. The van der Waals surface area contributed by atoms with Gasteiger partial charge >= 0.3 is 15.3 Å². The van der Waals surface area contributed by atoms with Crippen LogP contribution in [-0.2, 0) is 18.3 Å². The molecule has 0 spiro atoms. The molecular formula is C16H23ClO5S. The number of halogens is 1. The second-order valence-electron chi connectivity index (χ2n) is 7.10. The first kappa shape index (κ1) is 19.9. The molecule has 0 fully saturated rings. The number of carbonyl (C=O) groups is 1. The molecule has 0 bridgehead atoms. The predicted molar refractivity (Wildman–Crippen MR) is 89.6 cm³/mol. The number of benzene rings is 1. The van der Waals surface area contributed by atoms with Crippen molar-refractivity contribution in [2.45, 2.75) is 34.1 Å². The van der Waals surface area contributed by atoms with E-state index in [1.807, 2.05) is 33.8 Å². The highest BCUT2D eigenvalue weighted by Gasteiger charge is 2.31. The van der Waals surface area contributed by atoms with Gasteiger partial charge in [0.1, 0.15) is 0 Å². The minimum atomic E-state index is -3.99. The molecule has 0 aliphatic rings. The van der Waals surface area contributed by atoms with Gasteiger partial charge < -0.3 is 4.74 Å². The molecule has 0 amide bonds. The molecule has 0 aromatic heterocycles. The van der Waals surface area contributed by atoms with Gasteiger partial charge in [-0.15, -0.1) is 0 Å². The van der Waals surface area contributed by atoms with E-state index >= 15 is 0 Å². The molecule has 5 nitrogen and oxygen atoms in total. The van der Waals surface area contributed by atoms with E-state index in [9.17, 15) is 13.2 Å². The van der Waals surface area contributed by atoms with Crippen LogP contribution in [0.15, 0.2) is 30.3 Å². The summed E-state index contributed by atoms with van der Waals surface area (Å²) in [6.45, 7) is 7.82. The normalized spacial score (nSPS) is 12.9. The highest BCUT2D eigenvalue weighted by molar-refractivity contribution is 8.09. The van der Waals surface area contributed by atoms with Gasteiger partial charge in [0.2, 0.25) is 0 Å². The number of ether oxygens (including phenoxy) is 1. The van der Waals surface area contributed by atoms with Gasteiger partial charge in [0.15, 0.2) is 0 Å². The number of carbonyl (C=O) groups excluding carboxylic acids is 1. The standard InChI is InChI=1S/C16H23ClO5S/c1-15(2,10-16(3,4)12-22-23(17,19)20)11-21-14(18)13-8-6-5-7-9-13/h5-9H,10-12H2,1-4H3. The Bertz CT molecular complexity index is 623. The van der Waals surface area contributed by atoms with E-state index in [0.717, 1.165) is 0 Å². The summed E-state index contributed by atoms with van der Waals surface area (Å²) >= 11 is 0. The fourth-order valence-corrected chi connectivity index (χ4v) is 3.14. The lowest BCUT2D eigenvalue weighted by Crippen LogP contribution is -2.31. The zero-order valence-corrected chi connectivity index (χ0v) is 15.4. The lowest BCUT2D eigenvalue weighted by Gasteiger charge is -2.33. The summed E-state index contributed by atoms with van der Waals surface area (Å²) in [4.78, 5) is 12.0. The average molecular weight is 363 g/mol. The molecule has 0 radical (unpaired) electrons. The molecule has 1 aromatic rings. The van der Waals surface area contributed by atoms with Crippen molar-refractivity contribution in [3.05, 3.63) is 35.9 Å². The molecule has 0 atom stereocenters. The first-order valence-corrected chi connectivity index (χ1v) is 9.45. The smallest absolute Gasteiger partial charge is 0.355 e. The van der Waals surface area contributed by atoms with Gasteiger partial charge in [-0.2, -0.15) is 8.42 Å². The fourth-order valence-electron chi connectivity index (χ4n) is 2.55. The second kappa shape index (κ2) is 7.64. The molecule has 7 heteroatoms. The molecule has 0 aliphatic carbocycles. The Hall–Kier alpha value is -1.11. The molecule has 0 N–H and O–H groups in total. The third kappa shape index (κ3) is 8.34. The van der Waals surface area contributed by atoms with Crippen LogP contribution in [0.2, 0.25) is 0 Å². The monoisotopic (exact) mass is 362 g/mol. The Balaban J connectivity index is 2.56. The van der Waals surface area contributed by atoms with Crippen LogP contribution in [0.4, 0.5) is 0 Å². The molecular weight excluding hydrogens is 340 g/mol. The number of hydrogen-bond acceptors (Lipinski definition) is 5. The Labute approximate surface area is 142 Å². The largest absolute Gasteiger partial charge is 0.462 e. The molecule has 0 saturated carbocycles. The van der Waals surface area contributed by atoms with Crippen molar-refractivity contribution in [1.29, 1.82) is 0 Å². The van der Waals surface area contributed by atoms with Crippen LogP contribution in [0.5, 0.6) is 0 Å². The van der Waals surface area contributed by atoms with Crippen LogP contribution < -0.4 is 0 Å². The van der Waals surface area contributed by atoms with Gasteiger partial charge in [-0.1, -0.05) is 45.9 Å². The summed E-state index contributed by atoms with van der Waals surface area (Å²) in [5.41, 5.74) is -0.281. The molecule has 23 heavy (non-hydrogen) atoms. The Morgan fingerprint density at radius 3 is 2.09 bits per heavy atom. The summed E-state index contributed by atoms with van der Waals surface area (Å²) in [5.74, 6) is -0.379. The van der Waals surface area contributed by atoms with Crippen molar-refractivity contribution in [3.63, 3.8) is 0 Å². The Morgan fingerprint density at radius 2 is 1.57 bits per heavy atom. The zero-order chi connectivity index (χ0) is 17.7. The lowest BCUT2D eigenvalue weighted by molar-refractivity contribution is 0.0210. The van der Waals surface area contributed by atoms with Crippen LogP contribution in [0.25, 0.3) is 0 Å². The summed E-state index contributed by atoms with van der Waals surface area (Å²) in [6, 6.07) is 8.76. The van der Waals surface area contributed by atoms with Crippen molar-refractivity contribution in [1.82, 2.24) is 0 Å². The fraction of sp³-hybridized carbons (Fsp3) is 0.562. The maximum absolute atomic E-state index is 12.0. The van der Waals surface area contributed by atoms with Crippen LogP contribution in [-0.4, -0.2) is 27.6 Å². The Kier molecular flexibility index (Phi) is 6.62. The summed E-state index contributed by atoms with van der Waals surface area (Å²) in [7, 11) is 1.07. The van der Waals surface area contributed by atoms with Crippen molar-refractivity contribution < 1.29 is 22.1 Å². The SMILES string of the molecule is CC(C)(COC(=O)c1ccccc1)CC(C)(C)COS(=O)(=O)Cl. The van der Waals surface area contributed by atoms with Gasteiger partial charge in [0.25, 0.3) is 0 Å².